The third-order valence-electron chi connectivity index (χ3n) is 11.0. The van der Waals surface area contributed by atoms with Crippen LogP contribution >= 0.6 is 46.9 Å². The molecule has 0 aliphatic carbocycles. The average Bonchev–Trinajstić information content (AvgIpc) is 2.05. The van der Waals surface area contributed by atoms with E-state index in [9.17, 15) is 76.4 Å². The topological polar surface area (TPSA) is 686 Å². The molecule has 2 aliphatic heterocycles. The minimum atomic E-state index is -5.82. The van der Waals surface area contributed by atoms with E-state index in [0.29, 0.717) is 25.9 Å². The van der Waals surface area contributed by atoms with Crippen LogP contribution in [0.25, 0.3) is 22.3 Å². The highest BCUT2D eigenvalue weighted by Gasteiger charge is 2.52. The number of anilines is 2. The summed E-state index contributed by atoms with van der Waals surface area (Å²) in [5.41, 5.74) is 20.0. The van der Waals surface area contributed by atoms with Crippen LogP contribution in [0.4, 0.5) is 21.5 Å². The number of ether oxygens (including phenoxy) is 4. The predicted molar refractivity (Wildman–Crippen MR) is 276 cm³/mol. The summed E-state index contributed by atoms with van der Waals surface area (Å²) >= 11 is 0. The summed E-state index contributed by atoms with van der Waals surface area (Å²) in [4.78, 5) is 142. The first kappa shape index (κ1) is 70.2. The van der Waals surface area contributed by atoms with E-state index in [1.807, 2.05) is 0 Å². The summed E-state index contributed by atoms with van der Waals surface area (Å²) in [7, 11) is -34.1. The fourth-order valence-corrected chi connectivity index (χ4v) is 13.7. The molecule has 0 saturated carbocycles. The van der Waals surface area contributed by atoms with E-state index in [-0.39, 0.29) is 47.3 Å². The van der Waals surface area contributed by atoms with Crippen LogP contribution in [0, 0.1) is 0 Å². The Kier molecular flexibility index (Phi) is 25.0. The molecule has 2 amide bonds. The van der Waals surface area contributed by atoms with Gasteiger partial charge in [-0.15, -0.1) is 0 Å². The summed E-state index contributed by atoms with van der Waals surface area (Å²) in [6.07, 6.45) is -6.70. The molecule has 50 heteroatoms. The minimum absolute atomic E-state index is 0.143. The number of unbranched alkanes of at least 4 members (excludes halogenated alkanes) is 6. The molecule has 4 aromatic rings. The van der Waals surface area contributed by atoms with Gasteiger partial charge in [-0.05, 0) is 38.8 Å². The molecule has 6 heterocycles. The smallest absolute Gasteiger partial charge is 0.440 e. The lowest BCUT2D eigenvalue weighted by molar-refractivity contribution is -0.0522. The number of phosphoric ester groups is 2. The van der Waals surface area contributed by atoms with Crippen LogP contribution in [0.1, 0.15) is 63.8 Å². The third kappa shape index (κ3) is 21.4. The van der Waals surface area contributed by atoms with Gasteiger partial charge in [-0.25, -0.2) is 46.9 Å². The molecular weight excluding hydrogens is 1270 g/mol. The molecule has 0 bridgehead atoms. The second-order valence-corrected chi connectivity index (χ2v) is 26.3. The Bertz CT molecular complexity index is 3320. The van der Waals surface area contributed by atoms with E-state index in [0.717, 1.165) is 60.3 Å². The number of nitrogen functional groups attached to an aromatic ring is 2. The first-order valence-electron chi connectivity index (χ1n) is 24.0. The van der Waals surface area contributed by atoms with Crippen molar-refractivity contribution in [2.75, 3.05) is 50.9 Å². The number of aromatic amines is 2. The Morgan fingerprint density at radius 2 is 0.952 bits per heavy atom. The lowest BCUT2D eigenvalue weighted by atomic mass is 10.1. The van der Waals surface area contributed by atoms with Crippen LogP contribution in [0.3, 0.4) is 0 Å². The molecule has 4 aromatic heterocycles. The van der Waals surface area contributed by atoms with Gasteiger partial charge in [-0.3, -0.25) is 37.7 Å². The number of rotatable bonds is 30. The first-order chi connectivity index (χ1) is 39.0. The molecule has 0 aromatic carbocycles. The fraction of sp³-hybridized carbons (Fsp3) is 0.647. The number of alkyl carbamates (subject to hydrolysis) is 2. The fourth-order valence-electron chi connectivity index (χ4n) is 7.59. The summed E-state index contributed by atoms with van der Waals surface area (Å²) in [6, 6.07) is 0. The van der Waals surface area contributed by atoms with Gasteiger partial charge in [0.25, 0.3) is 11.1 Å². The average molecular weight is 1330 g/mol. The van der Waals surface area contributed by atoms with Crippen LogP contribution in [-0.4, -0.2) is 177 Å². The zero-order valence-corrected chi connectivity index (χ0v) is 48.4. The maximum absolute atomic E-state index is 12.5. The second-order valence-electron chi connectivity index (χ2n) is 17.4. The SMILES string of the molecule is NCCCCCCNC(=O)OC1C(COP(=O)(O)OP(=O)(O)OP(=O)(O)O)OC(n2cnc3c(=O)[nH]c(N)nc32)C1O.NCCCCCCNC(=O)OC1C(O)C(COP(=O)(O)OP(=O)(O)OP(=O)(O)O)OC1n1cnc2c(=O)[nH]c(N)nc21. The van der Waals surface area contributed by atoms with E-state index in [1.54, 1.807) is 0 Å². The number of phosphoric acid groups is 6. The number of fused-ring (bicyclic) bond motifs is 2. The lowest BCUT2D eigenvalue weighted by Gasteiger charge is -2.22. The van der Waals surface area contributed by atoms with Crippen LogP contribution in [-0.2, 0) is 72.6 Å². The standard InChI is InChI=1S/2C17H30N7O15P3/c18-5-3-1-2-4-6-20-17(27)37-12-9(7-35-41(31,32)39-42(33,34)38-40(28,29)30)36-15(11(12)25)24-8-21-10-13(24)22-16(19)23-14(10)26;18-5-3-1-2-4-6-20-17(27)37-12-11(25)9(7-35-41(31,32)39-42(33,34)38-40(28,29)30)36-15(12)24-8-21-10-13(24)22-16(19)23-14(10)26/h2*8-9,11-12,15,25H,1-7,18H2,(H,20,27)(H,31,32)(H,33,34)(H2,28,29,30)(H3,19,22,23,26). The van der Waals surface area contributed by atoms with Gasteiger partial charge in [0.15, 0.2) is 47.0 Å². The van der Waals surface area contributed by atoms with Crippen molar-refractivity contribution in [3.05, 3.63) is 33.4 Å². The number of aromatic nitrogens is 8. The summed E-state index contributed by atoms with van der Waals surface area (Å²) in [5.74, 6) is -0.605. The van der Waals surface area contributed by atoms with Crippen molar-refractivity contribution in [3.8, 4) is 0 Å². The number of imidazole rings is 2. The molecule has 84 heavy (non-hydrogen) atoms. The van der Waals surface area contributed by atoms with Crippen molar-refractivity contribution in [1.82, 2.24) is 49.7 Å². The van der Waals surface area contributed by atoms with E-state index < -0.39 is 133 Å². The molecule has 12 atom stereocenters. The quantitative estimate of drug-likeness (QED) is 0.0195. The molecule has 0 spiro atoms. The van der Waals surface area contributed by atoms with Gasteiger partial charge in [-0.1, -0.05) is 25.7 Å². The Balaban J connectivity index is 0.000000307. The van der Waals surface area contributed by atoms with Gasteiger partial charge >= 0.3 is 59.1 Å². The van der Waals surface area contributed by atoms with Crippen LogP contribution in [0.15, 0.2) is 22.2 Å². The largest absolute Gasteiger partial charge is 0.490 e. The van der Waals surface area contributed by atoms with Crippen molar-refractivity contribution < 1.29 is 132 Å². The van der Waals surface area contributed by atoms with Crippen molar-refractivity contribution in [1.29, 1.82) is 0 Å². The van der Waals surface area contributed by atoms with Gasteiger partial charge in [0, 0.05) is 13.1 Å². The number of aliphatic hydroxyl groups is 2. The summed E-state index contributed by atoms with van der Waals surface area (Å²) in [5, 5.41) is 26.9. The lowest BCUT2D eigenvalue weighted by Crippen LogP contribution is -2.41. The normalized spacial score (nSPS) is 23.9. The van der Waals surface area contributed by atoms with Crippen molar-refractivity contribution in [2.24, 2.45) is 11.5 Å². The molecule has 2 saturated heterocycles. The van der Waals surface area contributed by atoms with E-state index in [1.165, 1.54) is 0 Å². The van der Waals surface area contributed by atoms with E-state index in [4.69, 9.17) is 61.5 Å². The number of nitrogens with one attached hydrogen (secondary N) is 4. The molecule has 22 N–H and O–H groups in total. The highest BCUT2D eigenvalue weighted by molar-refractivity contribution is 7.67. The zero-order valence-electron chi connectivity index (χ0n) is 43.0. The van der Waals surface area contributed by atoms with Crippen LogP contribution in [0.2, 0.25) is 0 Å². The number of carbonyl (C=O) groups excluding carboxylic acids is 2. The second kappa shape index (κ2) is 29.9. The summed E-state index contributed by atoms with van der Waals surface area (Å²) < 4.78 is 117. The molecule has 476 valence electrons. The molecule has 6 rings (SSSR count). The van der Waals surface area contributed by atoms with Gasteiger partial charge in [-0.2, -0.15) is 27.2 Å². The number of amides is 2. The van der Waals surface area contributed by atoms with Gasteiger partial charge in [0.1, 0.15) is 24.4 Å². The number of H-pyrrole nitrogens is 2. The van der Waals surface area contributed by atoms with E-state index >= 15 is 0 Å². The van der Waals surface area contributed by atoms with E-state index in [2.05, 4.69) is 66.8 Å². The number of hydrogen-bond acceptors (Lipinski definition) is 30. The van der Waals surface area contributed by atoms with Gasteiger partial charge in [0.2, 0.25) is 11.9 Å². The number of nitrogens with zero attached hydrogens (tertiary/aromatic N) is 6. The Hall–Kier alpha value is -4.58. The molecule has 44 nitrogen and oxygen atoms in total. The molecular formula is C34H60N14O30P6. The van der Waals surface area contributed by atoms with Crippen molar-refractivity contribution >= 4 is 93.3 Å². The van der Waals surface area contributed by atoms with Crippen molar-refractivity contribution in [2.45, 2.75) is 100 Å². The van der Waals surface area contributed by atoms with Gasteiger partial charge < -0.3 is 102 Å². The predicted octanol–water partition coefficient (Wildman–Crippen LogP) is -2.17. The highest BCUT2D eigenvalue weighted by atomic mass is 31.3. The number of nitrogens with two attached hydrogens (primary N) is 4. The zero-order chi connectivity index (χ0) is 62.6. The first-order valence-corrected chi connectivity index (χ1v) is 33.1. The molecule has 2 aliphatic rings. The molecule has 12 unspecified atom stereocenters. The highest BCUT2D eigenvalue weighted by Crippen LogP contribution is 2.67. The maximum atomic E-state index is 12.5. The third-order valence-corrected chi connectivity index (χ3v) is 18.6. The summed E-state index contributed by atoms with van der Waals surface area (Å²) in [6.45, 7) is -0.644. The monoisotopic (exact) mass is 1330 g/mol. The van der Waals surface area contributed by atoms with Gasteiger partial charge in [0.05, 0.1) is 25.9 Å². The molecule has 2 fully saturated rings. The number of hydrogen-bond donors (Lipinski definition) is 18. The number of carbonyl (C=O) groups is 2. The Morgan fingerprint density at radius 3 is 1.38 bits per heavy atom. The Labute approximate surface area is 469 Å². The van der Waals surface area contributed by atoms with Crippen LogP contribution < -0.4 is 44.7 Å². The number of aliphatic hydroxyl groups excluding tert-OH is 2. The maximum Gasteiger partial charge on any atom is 0.490 e. The van der Waals surface area contributed by atoms with Crippen LogP contribution in [0.5, 0.6) is 0 Å². The Morgan fingerprint density at radius 1 is 0.560 bits per heavy atom. The van der Waals surface area contributed by atoms with Crippen molar-refractivity contribution in [3.63, 3.8) is 0 Å². The molecule has 0 radical (unpaired) electrons. The minimum Gasteiger partial charge on any atom is -0.440 e.